The molecule has 4 nitrogen and oxygen atoms in total. The van der Waals surface area contributed by atoms with Crippen LogP contribution in [0.15, 0.2) is 45.2 Å². The Kier molecular flexibility index (Phi) is 9.57. The lowest BCUT2D eigenvalue weighted by Gasteiger charge is -2.14. The summed E-state index contributed by atoms with van der Waals surface area (Å²) in [6.45, 7) is 1.51. The van der Waals surface area contributed by atoms with Gasteiger partial charge in [-0.05, 0) is 36.1 Å². The van der Waals surface area contributed by atoms with Gasteiger partial charge in [-0.1, -0.05) is 22.0 Å². The fraction of sp³-hybridized carbons (Fsp3) is 0.312. The van der Waals surface area contributed by atoms with Crippen molar-refractivity contribution < 1.29 is 4.74 Å². The molecule has 0 spiro atoms. The van der Waals surface area contributed by atoms with E-state index in [-0.39, 0.29) is 24.0 Å². The fourth-order valence-electron chi connectivity index (χ4n) is 2.04. The molecular formula is C16H21BrIN3OS. The van der Waals surface area contributed by atoms with Gasteiger partial charge in [-0.3, -0.25) is 4.99 Å². The van der Waals surface area contributed by atoms with Crippen molar-refractivity contribution in [2.24, 2.45) is 4.99 Å². The first-order valence-corrected chi connectivity index (χ1v) is 8.69. The molecule has 2 rings (SSSR count). The number of ether oxygens (including phenoxy) is 1. The topological polar surface area (TPSA) is 45.7 Å². The molecule has 0 unspecified atom stereocenters. The van der Waals surface area contributed by atoms with Crippen molar-refractivity contribution in [1.29, 1.82) is 0 Å². The molecule has 7 heteroatoms. The summed E-state index contributed by atoms with van der Waals surface area (Å²) in [5.41, 5.74) is 1.08. The maximum atomic E-state index is 5.38. The van der Waals surface area contributed by atoms with Crippen LogP contribution in [-0.4, -0.2) is 26.7 Å². The summed E-state index contributed by atoms with van der Waals surface area (Å²) in [7, 11) is 3.46. The number of halogens is 2. The molecule has 0 aliphatic carbocycles. The normalized spacial score (nSPS) is 10.8. The molecule has 0 aliphatic rings. The summed E-state index contributed by atoms with van der Waals surface area (Å²) >= 11 is 5.26. The quantitative estimate of drug-likeness (QED) is 0.351. The van der Waals surface area contributed by atoms with Gasteiger partial charge in [0.1, 0.15) is 5.75 Å². The SMILES string of the molecule is CN=C(NCCc1cccs1)NCc1cc(Br)ccc1OC.I. The van der Waals surface area contributed by atoms with E-state index in [0.29, 0.717) is 6.54 Å². The van der Waals surface area contributed by atoms with Crippen molar-refractivity contribution in [1.82, 2.24) is 10.6 Å². The molecule has 1 heterocycles. The van der Waals surface area contributed by atoms with E-state index in [9.17, 15) is 0 Å². The van der Waals surface area contributed by atoms with Gasteiger partial charge < -0.3 is 15.4 Å². The minimum absolute atomic E-state index is 0. The Morgan fingerprint density at radius 2 is 2.13 bits per heavy atom. The molecule has 0 radical (unpaired) electrons. The maximum absolute atomic E-state index is 5.38. The van der Waals surface area contributed by atoms with Gasteiger partial charge in [0, 0.05) is 35.1 Å². The lowest BCUT2D eigenvalue weighted by Crippen LogP contribution is -2.37. The molecule has 0 aliphatic heterocycles. The first-order chi connectivity index (χ1) is 10.7. The first-order valence-electron chi connectivity index (χ1n) is 7.02. The third kappa shape index (κ3) is 6.68. The number of nitrogens with zero attached hydrogens (tertiary/aromatic N) is 1. The molecular weight excluding hydrogens is 489 g/mol. The summed E-state index contributed by atoms with van der Waals surface area (Å²) < 4.78 is 6.41. The summed E-state index contributed by atoms with van der Waals surface area (Å²) in [6, 6.07) is 10.2. The number of aliphatic imine (C=N–C) groups is 1. The molecule has 0 amide bonds. The Balaban J connectivity index is 0.00000264. The number of benzene rings is 1. The van der Waals surface area contributed by atoms with Gasteiger partial charge in [0.15, 0.2) is 5.96 Å². The Morgan fingerprint density at radius 1 is 1.30 bits per heavy atom. The zero-order valence-corrected chi connectivity index (χ0v) is 17.9. The maximum Gasteiger partial charge on any atom is 0.191 e. The van der Waals surface area contributed by atoms with Gasteiger partial charge in [-0.25, -0.2) is 0 Å². The second-order valence-corrected chi connectivity index (χ2v) is 6.59. The van der Waals surface area contributed by atoms with Crippen LogP contribution in [0.25, 0.3) is 0 Å². The second-order valence-electron chi connectivity index (χ2n) is 4.64. The number of methoxy groups -OCH3 is 1. The third-order valence-electron chi connectivity index (χ3n) is 3.16. The third-order valence-corrected chi connectivity index (χ3v) is 4.59. The van der Waals surface area contributed by atoms with Crippen molar-refractivity contribution in [2.45, 2.75) is 13.0 Å². The molecule has 0 saturated carbocycles. The van der Waals surface area contributed by atoms with Crippen LogP contribution in [-0.2, 0) is 13.0 Å². The Labute approximate surface area is 166 Å². The number of guanidine groups is 1. The average molecular weight is 510 g/mol. The fourth-order valence-corrected chi connectivity index (χ4v) is 3.16. The highest BCUT2D eigenvalue weighted by molar-refractivity contribution is 14.0. The van der Waals surface area contributed by atoms with Gasteiger partial charge in [0.2, 0.25) is 0 Å². The Hall–Kier alpha value is -0.800. The van der Waals surface area contributed by atoms with Crippen molar-refractivity contribution in [2.75, 3.05) is 20.7 Å². The van der Waals surface area contributed by atoms with E-state index in [1.807, 2.05) is 18.2 Å². The van der Waals surface area contributed by atoms with Gasteiger partial charge in [-0.15, -0.1) is 35.3 Å². The molecule has 0 fully saturated rings. The van der Waals surface area contributed by atoms with E-state index in [4.69, 9.17) is 4.74 Å². The average Bonchev–Trinajstić information content (AvgIpc) is 3.04. The lowest BCUT2D eigenvalue weighted by atomic mass is 10.2. The number of hydrogen-bond acceptors (Lipinski definition) is 3. The summed E-state index contributed by atoms with van der Waals surface area (Å²) in [5, 5.41) is 8.73. The highest BCUT2D eigenvalue weighted by Gasteiger charge is 2.05. The zero-order chi connectivity index (χ0) is 15.8. The van der Waals surface area contributed by atoms with E-state index in [1.54, 1.807) is 25.5 Å². The summed E-state index contributed by atoms with van der Waals surface area (Å²) in [6.07, 6.45) is 0.999. The molecule has 2 N–H and O–H groups in total. The monoisotopic (exact) mass is 509 g/mol. The largest absolute Gasteiger partial charge is 0.496 e. The van der Waals surface area contributed by atoms with Crippen LogP contribution in [0.5, 0.6) is 5.75 Å². The summed E-state index contributed by atoms with van der Waals surface area (Å²) in [5.74, 6) is 1.66. The summed E-state index contributed by atoms with van der Waals surface area (Å²) in [4.78, 5) is 5.62. The molecule has 0 saturated heterocycles. The predicted octanol–water partition coefficient (Wildman–Crippen LogP) is 4.04. The molecule has 23 heavy (non-hydrogen) atoms. The standard InChI is InChI=1S/C16H20BrN3OS.HI/c1-18-16(19-8-7-14-4-3-9-22-14)20-11-12-10-13(17)5-6-15(12)21-2;/h3-6,9-10H,7-8,11H2,1-2H3,(H2,18,19,20);1H. The van der Waals surface area contributed by atoms with Crippen LogP contribution in [0, 0.1) is 0 Å². The molecule has 2 aromatic rings. The number of hydrogen-bond donors (Lipinski definition) is 2. The van der Waals surface area contributed by atoms with Crippen LogP contribution in [0.4, 0.5) is 0 Å². The van der Waals surface area contributed by atoms with Crippen LogP contribution in [0.3, 0.4) is 0 Å². The number of rotatable bonds is 6. The van der Waals surface area contributed by atoms with Crippen molar-refractivity contribution >= 4 is 57.2 Å². The number of nitrogens with one attached hydrogen (secondary N) is 2. The minimum Gasteiger partial charge on any atom is -0.496 e. The minimum atomic E-state index is 0. The molecule has 126 valence electrons. The van der Waals surface area contributed by atoms with Gasteiger partial charge >= 0.3 is 0 Å². The second kappa shape index (κ2) is 10.9. The molecule has 0 atom stereocenters. The van der Waals surface area contributed by atoms with Crippen molar-refractivity contribution in [3.05, 3.63) is 50.6 Å². The van der Waals surface area contributed by atoms with Crippen molar-refractivity contribution in [3.8, 4) is 5.75 Å². The van der Waals surface area contributed by atoms with Gasteiger partial charge in [0.25, 0.3) is 0 Å². The molecule has 1 aromatic carbocycles. The highest BCUT2D eigenvalue weighted by atomic mass is 127. The highest BCUT2D eigenvalue weighted by Crippen LogP contribution is 2.22. The van der Waals surface area contributed by atoms with E-state index in [2.05, 4.69) is 49.1 Å². The first kappa shape index (κ1) is 20.2. The van der Waals surface area contributed by atoms with E-state index < -0.39 is 0 Å². The molecule has 0 bridgehead atoms. The van der Waals surface area contributed by atoms with Crippen molar-refractivity contribution in [3.63, 3.8) is 0 Å². The van der Waals surface area contributed by atoms with Crippen LogP contribution in [0.1, 0.15) is 10.4 Å². The number of thiophene rings is 1. The zero-order valence-electron chi connectivity index (χ0n) is 13.1. The molecule has 1 aromatic heterocycles. The van der Waals surface area contributed by atoms with E-state index in [0.717, 1.165) is 34.7 Å². The van der Waals surface area contributed by atoms with Gasteiger partial charge in [0.05, 0.1) is 7.11 Å². The van der Waals surface area contributed by atoms with Gasteiger partial charge in [-0.2, -0.15) is 0 Å². The predicted molar refractivity (Wildman–Crippen MR) is 112 cm³/mol. The smallest absolute Gasteiger partial charge is 0.191 e. The van der Waals surface area contributed by atoms with Crippen LogP contribution >= 0.6 is 51.2 Å². The van der Waals surface area contributed by atoms with Crippen LogP contribution < -0.4 is 15.4 Å². The van der Waals surface area contributed by atoms with E-state index >= 15 is 0 Å². The van der Waals surface area contributed by atoms with Crippen LogP contribution in [0.2, 0.25) is 0 Å². The lowest BCUT2D eigenvalue weighted by molar-refractivity contribution is 0.409. The Morgan fingerprint density at radius 3 is 2.78 bits per heavy atom. The van der Waals surface area contributed by atoms with E-state index in [1.165, 1.54) is 4.88 Å². The Bertz CT molecular complexity index is 620.